The van der Waals surface area contributed by atoms with Gasteiger partial charge in [-0.15, -0.1) is 11.3 Å². The second kappa shape index (κ2) is 8.73. The zero-order chi connectivity index (χ0) is 22.9. The van der Waals surface area contributed by atoms with Crippen LogP contribution >= 0.6 is 22.7 Å². The van der Waals surface area contributed by atoms with Crippen LogP contribution in [0, 0.1) is 6.92 Å². The topological polar surface area (TPSA) is 73.6 Å². The molecule has 6 nitrogen and oxygen atoms in total. The van der Waals surface area contributed by atoms with Crippen LogP contribution in [0.5, 0.6) is 0 Å². The number of esters is 1. The average molecular weight is 474 g/mol. The zero-order valence-corrected chi connectivity index (χ0v) is 19.6. The van der Waals surface area contributed by atoms with Crippen LogP contribution in [0.2, 0.25) is 0 Å². The van der Waals surface area contributed by atoms with Crippen LogP contribution in [-0.2, 0) is 16.1 Å². The minimum Gasteiger partial charge on any atom is -0.468 e. The molecule has 164 valence electrons. The summed E-state index contributed by atoms with van der Waals surface area (Å²) >= 11 is 2.94. The van der Waals surface area contributed by atoms with Crippen LogP contribution in [0.25, 0.3) is 31.7 Å². The standard InChI is InChI=1S/C25H19N3O3S2/c1-15-7-5-10-21-23(15)28(14-22(29)31-2)25(33-21)27-24(30)17-13-19(20-11-6-12-32-20)26-18-9-4-3-8-16(17)18/h3-13H,14H2,1-2H3. The number of benzene rings is 2. The largest absolute Gasteiger partial charge is 0.468 e. The van der Waals surface area contributed by atoms with Crippen molar-refractivity contribution >= 4 is 55.7 Å². The number of hydrogen-bond donors (Lipinski definition) is 0. The Morgan fingerprint density at radius 3 is 2.73 bits per heavy atom. The van der Waals surface area contributed by atoms with Gasteiger partial charge in [-0.2, -0.15) is 4.99 Å². The van der Waals surface area contributed by atoms with Crippen LogP contribution < -0.4 is 4.80 Å². The van der Waals surface area contributed by atoms with Crippen molar-refractivity contribution in [3.8, 4) is 10.6 Å². The van der Waals surface area contributed by atoms with Crippen molar-refractivity contribution in [3.05, 3.63) is 82.0 Å². The molecular weight excluding hydrogens is 454 g/mol. The van der Waals surface area contributed by atoms with Crippen LogP contribution in [0.15, 0.2) is 71.0 Å². The third kappa shape index (κ3) is 3.99. The minimum atomic E-state index is -0.402. The normalized spacial score (nSPS) is 11.9. The first kappa shape index (κ1) is 21.2. The molecular formula is C25H19N3O3S2. The Labute approximate surface area is 197 Å². The summed E-state index contributed by atoms with van der Waals surface area (Å²) in [6, 6.07) is 19.2. The molecule has 8 heteroatoms. The predicted octanol–water partition coefficient (Wildman–Crippen LogP) is 5.20. The first-order valence-electron chi connectivity index (χ1n) is 10.2. The highest BCUT2D eigenvalue weighted by atomic mass is 32.1. The monoisotopic (exact) mass is 473 g/mol. The predicted molar refractivity (Wildman–Crippen MR) is 132 cm³/mol. The Balaban J connectivity index is 1.71. The number of carbonyl (C=O) groups is 2. The van der Waals surface area contributed by atoms with E-state index >= 15 is 0 Å². The first-order valence-corrected chi connectivity index (χ1v) is 11.9. The molecule has 1 amide bonds. The molecule has 0 aliphatic carbocycles. The van der Waals surface area contributed by atoms with Crippen molar-refractivity contribution in [2.24, 2.45) is 4.99 Å². The molecule has 5 rings (SSSR count). The smallest absolute Gasteiger partial charge is 0.325 e. The van der Waals surface area contributed by atoms with Gasteiger partial charge in [-0.3, -0.25) is 9.59 Å². The Kier molecular flexibility index (Phi) is 5.62. The molecule has 0 radical (unpaired) electrons. The number of para-hydroxylation sites is 2. The van der Waals surface area contributed by atoms with Crippen molar-refractivity contribution in [1.29, 1.82) is 0 Å². The summed E-state index contributed by atoms with van der Waals surface area (Å²) in [5, 5.41) is 2.72. The molecule has 0 saturated carbocycles. The van der Waals surface area contributed by atoms with Crippen molar-refractivity contribution < 1.29 is 14.3 Å². The molecule has 33 heavy (non-hydrogen) atoms. The lowest BCUT2D eigenvalue weighted by molar-refractivity contribution is -0.141. The first-order chi connectivity index (χ1) is 16.0. The van der Waals surface area contributed by atoms with E-state index < -0.39 is 5.97 Å². The Morgan fingerprint density at radius 1 is 1.09 bits per heavy atom. The second-order valence-electron chi connectivity index (χ2n) is 7.44. The number of amides is 1. The molecule has 2 aromatic carbocycles. The Morgan fingerprint density at radius 2 is 1.94 bits per heavy atom. The van der Waals surface area contributed by atoms with Crippen LogP contribution in [0.1, 0.15) is 15.9 Å². The third-order valence-electron chi connectivity index (χ3n) is 5.34. The summed E-state index contributed by atoms with van der Waals surface area (Å²) in [5.74, 6) is -0.782. The molecule has 0 bridgehead atoms. The highest BCUT2D eigenvalue weighted by Gasteiger charge is 2.17. The van der Waals surface area contributed by atoms with Crippen molar-refractivity contribution in [2.45, 2.75) is 13.5 Å². The molecule has 0 saturated heterocycles. The van der Waals surface area contributed by atoms with Crippen LogP contribution in [-0.4, -0.2) is 28.5 Å². The maximum Gasteiger partial charge on any atom is 0.325 e. The quantitative estimate of drug-likeness (QED) is 0.336. The Hall–Kier alpha value is -3.62. The van der Waals surface area contributed by atoms with E-state index in [0.717, 1.165) is 37.3 Å². The maximum atomic E-state index is 13.5. The molecule has 0 fully saturated rings. The number of fused-ring (bicyclic) bond motifs is 2. The fourth-order valence-electron chi connectivity index (χ4n) is 3.78. The number of carbonyl (C=O) groups excluding carboxylic acids is 2. The van der Waals surface area contributed by atoms with Gasteiger partial charge in [0.1, 0.15) is 6.54 Å². The van der Waals surface area contributed by atoms with Gasteiger partial charge in [0, 0.05) is 5.39 Å². The van der Waals surface area contributed by atoms with Gasteiger partial charge in [0.25, 0.3) is 5.91 Å². The number of aryl methyl sites for hydroxylation is 1. The zero-order valence-electron chi connectivity index (χ0n) is 17.9. The van der Waals surface area contributed by atoms with E-state index in [1.807, 2.05) is 66.9 Å². The molecule has 0 spiro atoms. The van der Waals surface area contributed by atoms with Gasteiger partial charge >= 0.3 is 5.97 Å². The van der Waals surface area contributed by atoms with Gasteiger partial charge in [0.15, 0.2) is 4.80 Å². The van der Waals surface area contributed by atoms with E-state index in [2.05, 4.69) is 4.99 Å². The molecule has 3 heterocycles. The molecule has 0 unspecified atom stereocenters. The summed E-state index contributed by atoms with van der Waals surface area (Å²) in [5.41, 5.74) is 3.81. The maximum absolute atomic E-state index is 13.5. The van der Waals surface area contributed by atoms with Gasteiger partial charge in [0.05, 0.1) is 39.0 Å². The van der Waals surface area contributed by atoms with E-state index in [9.17, 15) is 9.59 Å². The number of nitrogens with zero attached hydrogens (tertiary/aromatic N) is 3. The molecule has 0 N–H and O–H groups in total. The van der Waals surface area contributed by atoms with E-state index in [0.29, 0.717) is 10.4 Å². The van der Waals surface area contributed by atoms with E-state index in [-0.39, 0.29) is 12.5 Å². The highest BCUT2D eigenvalue weighted by Crippen LogP contribution is 2.28. The van der Waals surface area contributed by atoms with Gasteiger partial charge in [-0.1, -0.05) is 47.7 Å². The fraction of sp³-hybridized carbons (Fsp3) is 0.120. The van der Waals surface area contributed by atoms with E-state index in [4.69, 9.17) is 9.72 Å². The van der Waals surface area contributed by atoms with Crippen molar-refractivity contribution in [2.75, 3.05) is 7.11 Å². The second-order valence-corrected chi connectivity index (χ2v) is 9.39. The summed E-state index contributed by atoms with van der Waals surface area (Å²) in [6.07, 6.45) is 0. The summed E-state index contributed by atoms with van der Waals surface area (Å²) < 4.78 is 7.58. The SMILES string of the molecule is COC(=O)Cn1c(=NC(=O)c2cc(-c3cccs3)nc3ccccc23)sc2cccc(C)c21. The third-order valence-corrected chi connectivity index (χ3v) is 7.27. The molecule has 0 aliphatic rings. The molecule has 0 aliphatic heterocycles. The number of methoxy groups -OCH3 is 1. The molecule has 5 aromatic rings. The number of ether oxygens (including phenoxy) is 1. The summed E-state index contributed by atoms with van der Waals surface area (Å²) in [7, 11) is 1.35. The van der Waals surface area contributed by atoms with Gasteiger partial charge in [-0.05, 0) is 42.1 Å². The average Bonchev–Trinajstić information content (AvgIpc) is 3.47. The van der Waals surface area contributed by atoms with Crippen molar-refractivity contribution in [1.82, 2.24) is 9.55 Å². The summed E-state index contributed by atoms with van der Waals surface area (Å²) in [6.45, 7) is 1.95. The van der Waals surface area contributed by atoms with Gasteiger partial charge in [0.2, 0.25) is 0 Å². The lowest BCUT2D eigenvalue weighted by Gasteiger charge is -2.07. The number of pyridine rings is 1. The number of thiazole rings is 1. The number of rotatable bonds is 4. The summed E-state index contributed by atoms with van der Waals surface area (Å²) in [4.78, 5) is 36.3. The van der Waals surface area contributed by atoms with Crippen LogP contribution in [0.3, 0.4) is 0 Å². The van der Waals surface area contributed by atoms with Gasteiger partial charge < -0.3 is 9.30 Å². The number of thiophene rings is 1. The van der Waals surface area contributed by atoms with Crippen LogP contribution in [0.4, 0.5) is 0 Å². The number of aromatic nitrogens is 2. The Bertz CT molecular complexity index is 1580. The van der Waals surface area contributed by atoms with Crippen molar-refractivity contribution in [3.63, 3.8) is 0 Å². The lowest BCUT2D eigenvalue weighted by atomic mass is 10.1. The van der Waals surface area contributed by atoms with E-state index in [1.165, 1.54) is 18.4 Å². The minimum absolute atomic E-state index is 0.0228. The highest BCUT2D eigenvalue weighted by molar-refractivity contribution is 7.16. The molecule has 0 atom stereocenters. The molecule has 3 aromatic heterocycles. The van der Waals surface area contributed by atoms with Gasteiger partial charge in [-0.25, -0.2) is 4.98 Å². The number of hydrogen-bond acceptors (Lipinski definition) is 6. The lowest BCUT2D eigenvalue weighted by Crippen LogP contribution is -2.22. The van der Waals surface area contributed by atoms with E-state index in [1.54, 1.807) is 22.0 Å². The fourth-order valence-corrected chi connectivity index (χ4v) is 5.57.